The zero-order valence-electron chi connectivity index (χ0n) is 19.6. The maximum Gasteiger partial charge on any atom is 0.323 e. The number of aryl methyl sites for hydroxylation is 1. The maximum atomic E-state index is 13.3. The number of anilines is 2. The van der Waals surface area contributed by atoms with E-state index in [9.17, 15) is 14.4 Å². The van der Waals surface area contributed by atoms with Crippen LogP contribution in [0.3, 0.4) is 0 Å². The summed E-state index contributed by atoms with van der Waals surface area (Å²) in [5, 5.41) is 8.17. The number of rotatable bonds is 4. The van der Waals surface area contributed by atoms with Crippen LogP contribution in [0.2, 0.25) is 0 Å². The molecule has 0 radical (unpaired) electrons. The van der Waals surface area contributed by atoms with Gasteiger partial charge in [0, 0.05) is 25.5 Å². The molecule has 0 spiro atoms. The minimum Gasteiger partial charge on any atom is -0.490 e. The van der Waals surface area contributed by atoms with Gasteiger partial charge in [0.05, 0.1) is 24.1 Å². The lowest BCUT2D eigenvalue weighted by atomic mass is 9.94. The molecular formula is C25H30N4O5. The van der Waals surface area contributed by atoms with Crippen molar-refractivity contribution in [3.8, 4) is 5.75 Å². The molecule has 0 aromatic heterocycles. The fourth-order valence-electron chi connectivity index (χ4n) is 4.34. The third kappa shape index (κ3) is 5.31. The Balaban J connectivity index is 1.46. The molecule has 9 heteroatoms. The summed E-state index contributed by atoms with van der Waals surface area (Å²) in [6, 6.07) is 11.9. The van der Waals surface area contributed by atoms with Crippen molar-refractivity contribution < 1.29 is 23.9 Å². The Hall–Kier alpha value is -3.59. The minimum atomic E-state index is -0.403. The number of hydrogen-bond donors (Lipinski definition) is 3. The van der Waals surface area contributed by atoms with Gasteiger partial charge >= 0.3 is 6.03 Å². The van der Waals surface area contributed by atoms with E-state index in [1.807, 2.05) is 31.2 Å². The second-order valence-corrected chi connectivity index (χ2v) is 8.70. The highest BCUT2D eigenvalue weighted by molar-refractivity contribution is 6.02. The van der Waals surface area contributed by atoms with E-state index in [0.717, 1.165) is 5.56 Å². The van der Waals surface area contributed by atoms with Crippen molar-refractivity contribution in [3.05, 3.63) is 53.6 Å². The number of nitrogens with one attached hydrogen (secondary N) is 3. The van der Waals surface area contributed by atoms with Crippen LogP contribution in [0.15, 0.2) is 42.5 Å². The third-order valence-corrected chi connectivity index (χ3v) is 6.27. The largest absolute Gasteiger partial charge is 0.490 e. The van der Waals surface area contributed by atoms with Crippen molar-refractivity contribution in [3.63, 3.8) is 0 Å². The molecule has 2 aromatic carbocycles. The van der Waals surface area contributed by atoms with E-state index in [1.54, 1.807) is 37.2 Å². The Morgan fingerprint density at radius 1 is 1.06 bits per heavy atom. The van der Waals surface area contributed by atoms with Crippen molar-refractivity contribution in [2.75, 3.05) is 31.3 Å². The first-order valence-electron chi connectivity index (χ1n) is 11.4. The van der Waals surface area contributed by atoms with Gasteiger partial charge in [-0.2, -0.15) is 0 Å². The molecule has 180 valence electrons. The SMILES string of the molecule is CNC(=O)C[C@@H]1CC[C@H]2[C@@H](COc3ccc(NC(=O)Nc4ccc(C)cc4)cc3C(=O)N2C)O1. The van der Waals surface area contributed by atoms with E-state index in [0.29, 0.717) is 35.5 Å². The fraction of sp³-hybridized carbons (Fsp3) is 0.400. The first-order valence-corrected chi connectivity index (χ1v) is 11.4. The van der Waals surface area contributed by atoms with Crippen molar-refractivity contribution in [1.29, 1.82) is 0 Å². The zero-order chi connectivity index (χ0) is 24.2. The van der Waals surface area contributed by atoms with Gasteiger partial charge in [-0.05, 0) is 50.1 Å². The summed E-state index contributed by atoms with van der Waals surface area (Å²) in [6.45, 7) is 2.24. The average molecular weight is 467 g/mol. The molecule has 2 aliphatic heterocycles. The van der Waals surface area contributed by atoms with Gasteiger partial charge in [0.15, 0.2) is 0 Å². The molecule has 3 atom stereocenters. The number of nitrogens with zero attached hydrogens (tertiary/aromatic N) is 1. The van der Waals surface area contributed by atoms with Crippen LogP contribution in [0.5, 0.6) is 5.75 Å². The summed E-state index contributed by atoms with van der Waals surface area (Å²) < 4.78 is 12.1. The standard InChI is InChI=1S/C25H30N4O5/c1-15-4-6-16(7-5-15)27-25(32)28-17-8-11-21-19(12-17)24(31)29(3)20-10-9-18(13-23(30)26-2)34-22(20)14-33-21/h4-8,11-12,18,20,22H,9-10,13-14H2,1-3H3,(H,26,30)(H2,27,28,32)/t18-,20-,22+/m0/s1. The molecule has 4 amide bonds. The predicted octanol–water partition coefficient (Wildman–Crippen LogP) is 3.16. The van der Waals surface area contributed by atoms with E-state index in [1.165, 1.54) is 0 Å². The number of hydrogen-bond acceptors (Lipinski definition) is 5. The van der Waals surface area contributed by atoms with Gasteiger partial charge in [-0.25, -0.2) is 4.79 Å². The van der Waals surface area contributed by atoms with Gasteiger partial charge in [-0.15, -0.1) is 0 Å². The lowest BCUT2D eigenvalue weighted by molar-refractivity contribution is -0.133. The highest BCUT2D eigenvalue weighted by Gasteiger charge is 2.39. The minimum absolute atomic E-state index is 0.0727. The van der Waals surface area contributed by atoms with Crippen LogP contribution < -0.4 is 20.7 Å². The monoisotopic (exact) mass is 466 g/mol. The van der Waals surface area contributed by atoms with Crippen LogP contribution in [0.25, 0.3) is 0 Å². The number of carbonyl (C=O) groups is 3. The molecule has 9 nitrogen and oxygen atoms in total. The predicted molar refractivity (Wildman–Crippen MR) is 128 cm³/mol. The molecule has 2 heterocycles. The van der Waals surface area contributed by atoms with Crippen molar-refractivity contribution in [1.82, 2.24) is 10.2 Å². The topological polar surface area (TPSA) is 109 Å². The zero-order valence-corrected chi connectivity index (χ0v) is 19.6. The molecule has 0 aliphatic carbocycles. The Labute approximate surface area is 198 Å². The van der Waals surface area contributed by atoms with E-state index >= 15 is 0 Å². The van der Waals surface area contributed by atoms with E-state index in [-0.39, 0.29) is 43.1 Å². The number of likely N-dealkylation sites (N-methyl/N-ethyl adjacent to an activating group) is 1. The quantitative estimate of drug-likeness (QED) is 0.641. The van der Waals surface area contributed by atoms with Crippen LogP contribution >= 0.6 is 0 Å². The second kappa shape index (κ2) is 10.1. The van der Waals surface area contributed by atoms with Crippen LogP contribution in [-0.4, -0.2) is 61.7 Å². The number of amides is 4. The normalized spacial score (nSPS) is 21.8. The lowest BCUT2D eigenvalue weighted by Gasteiger charge is -2.42. The first kappa shape index (κ1) is 23.6. The van der Waals surface area contributed by atoms with E-state index in [2.05, 4.69) is 16.0 Å². The average Bonchev–Trinajstić information content (AvgIpc) is 2.83. The van der Waals surface area contributed by atoms with Gasteiger partial charge in [0.1, 0.15) is 18.5 Å². The molecule has 2 aliphatic rings. The first-order chi connectivity index (χ1) is 16.3. The summed E-state index contributed by atoms with van der Waals surface area (Å²) in [6.07, 6.45) is 1.15. The summed E-state index contributed by atoms with van der Waals surface area (Å²) >= 11 is 0. The summed E-state index contributed by atoms with van der Waals surface area (Å²) in [7, 11) is 3.35. The molecule has 1 saturated heterocycles. The number of urea groups is 1. The number of fused-ring (bicyclic) bond motifs is 2. The summed E-state index contributed by atoms with van der Waals surface area (Å²) in [5.74, 6) is 0.147. The highest BCUT2D eigenvalue weighted by atomic mass is 16.5. The number of carbonyl (C=O) groups excluding carboxylic acids is 3. The second-order valence-electron chi connectivity index (χ2n) is 8.70. The molecule has 0 unspecified atom stereocenters. The van der Waals surface area contributed by atoms with Gasteiger partial charge in [-0.1, -0.05) is 17.7 Å². The van der Waals surface area contributed by atoms with Crippen molar-refractivity contribution in [2.45, 2.75) is 44.4 Å². The van der Waals surface area contributed by atoms with Crippen molar-refractivity contribution in [2.24, 2.45) is 0 Å². The third-order valence-electron chi connectivity index (χ3n) is 6.27. The Morgan fingerprint density at radius 2 is 1.76 bits per heavy atom. The number of benzene rings is 2. The van der Waals surface area contributed by atoms with Gasteiger partial charge < -0.3 is 30.3 Å². The Bertz CT molecular complexity index is 1070. The molecule has 2 aromatic rings. The smallest absolute Gasteiger partial charge is 0.323 e. The van der Waals surface area contributed by atoms with Crippen LogP contribution in [0.1, 0.15) is 35.2 Å². The summed E-state index contributed by atoms with van der Waals surface area (Å²) in [4.78, 5) is 39.2. The van der Waals surface area contributed by atoms with Gasteiger partial charge in [-0.3, -0.25) is 9.59 Å². The molecule has 3 N–H and O–H groups in total. The lowest BCUT2D eigenvalue weighted by Crippen LogP contribution is -2.53. The van der Waals surface area contributed by atoms with E-state index < -0.39 is 6.03 Å². The van der Waals surface area contributed by atoms with Crippen LogP contribution in [-0.2, 0) is 9.53 Å². The molecule has 0 saturated carbocycles. The Kier molecular flexibility index (Phi) is 7.02. The maximum absolute atomic E-state index is 13.3. The highest BCUT2D eigenvalue weighted by Crippen LogP contribution is 2.32. The molecule has 0 bridgehead atoms. The molecule has 1 fully saturated rings. The number of ether oxygens (including phenoxy) is 2. The van der Waals surface area contributed by atoms with E-state index in [4.69, 9.17) is 9.47 Å². The van der Waals surface area contributed by atoms with Gasteiger partial charge in [0.2, 0.25) is 5.91 Å². The van der Waals surface area contributed by atoms with Crippen molar-refractivity contribution >= 4 is 29.2 Å². The summed E-state index contributed by atoms with van der Waals surface area (Å²) in [5.41, 5.74) is 2.63. The van der Waals surface area contributed by atoms with Crippen LogP contribution in [0.4, 0.5) is 16.2 Å². The van der Waals surface area contributed by atoms with Gasteiger partial charge in [0.25, 0.3) is 5.91 Å². The molecule has 4 rings (SSSR count). The van der Waals surface area contributed by atoms with Crippen LogP contribution in [0, 0.1) is 6.92 Å². The molecular weight excluding hydrogens is 436 g/mol. The Morgan fingerprint density at radius 3 is 2.50 bits per heavy atom. The molecule has 34 heavy (non-hydrogen) atoms. The fourth-order valence-corrected chi connectivity index (χ4v) is 4.34.